The standard InChI is InChI=1S/C22H18N6/c1-2-10-21-20(9-1)25-22(26-21)16-6-5-7-17(14-16)27-28-13-11-19(24-15-28)18-8-3-4-12-23-18/h1-14,27H,15H2,(H,25,26). The van der Waals surface area contributed by atoms with E-state index < -0.39 is 0 Å². The van der Waals surface area contributed by atoms with Gasteiger partial charge in [-0.3, -0.25) is 20.4 Å². The molecule has 2 aromatic carbocycles. The first kappa shape index (κ1) is 16.3. The van der Waals surface area contributed by atoms with E-state index in [1.165, 1.54) is 0 Å². The summed E-state index contributed by atoms with van der Waals surface area (Å²) in [4.78, 5) is 17.0. The highest BCUT2D eigenvalue weighted by molar-refractivity contribution is 6.07. The number of hydrogen-bond donors (Lipinski definition) is 2. The Morgan fingerprint density at radius 1 is 0.964 bits per heavy atom. The maximum Gasteiger partial charge on any atom is 0.138 e. The van der Waals surface area contributed by atoms with E-state index in [0.717, 1.165) is 39.5 Å². The van der Waals surface area contributed by atoms with Gasteiger partial charge in [-0.2, -0.15) is 0 Å². The first-order valence-corrected chi connectivity index (χ1v) is 9.08. The van der Waals surface area contributed by atoms with Gasteiger partial charge in [0, 0.05) is 18.0 Å². The number of hydrogen-bond acceptors (Lipinski definition) is 5. The second kappa shape index (κ2) is 7.00. The van der Waals surface area contributed by atoms with Crippen LogP contribution in [0.25, 0.3) is 22.4 Å². The van der Waals surface area contributed by atoms with Gasteiger partial charge >= 0.3 is 0 Å². The lowest BCUT2D eigenvalue weighted by molar-refractivity contribution is 0.460. The lowest BCUT2D eigenvalue weighted by atomic mass is 10.2. The van der Waals surface area contributed by atoms with Gasteiger partial charge in [0.15, 0.2) is 0 Å². The minimum absolute atomic E-state index is 0.511. The van der Waals surface area contributed by atoms with Crippen molar-refractivity contribution in [1.82, 2.24) is 20.0 Å². The Bertz CT molecular complexity index is 1140. The van der Waals surface area contributed by atoms with E-state index in [2.05, 4.69) is 31.4 Å². The number of anilines is 1. The number of H-pyrrole nitrogens is 1. The molecule has 3 heterocycles. The quantitative estimate of drug-likeness (QED) is 0.567. The molecule has 0 saturated heterocycles. The summed E-state index contributed by atoms with van der Waals surface area (Å²) in [7, 11) is 0. The van der Waals surface area contributed by atoms with Gasteiger partial charge in [-0.05, 0) is 42.5 Å². The zero-order valence-electron chi connectivity index (χ0n) is 15.1. The summed E-state index contributed by atoms with van der Waals surface area (Å²) >= 11 is 0. The van der Waals surface area contributed by atoms with Crippen LogP contribution in [0.4, 0.5) is 5.69 Å². The number of para-hydroxylation sites is 2. The molecule has 1 aliphatic rings. The molecule has 0 fully saturated rings. The van der Waals surface area contributed by atoms with Crippen LogP contribution in [-0.2, 0) is 0 Å². The van der Waals surface area contributed by atoms with Crippen molar-refractivity contribution in [3.05, 3.63) is 90.9 Å². The first-order valence-electron chi connectivity index (χ1n) is 9.08. The van der Waals surface area contributed by atoms with Gasteiger partial charge in [0.25, 0.3) is 0 Å². The van der Waals surface area contributed by atoms with Crippen LogP contribution in [0.2, 0.25) is 0 Å². The van der Waals surface area contributed by atoms with Crippen molar-refractivity contribution < 1.29 is 0 Å². The summed E-state index contributed by atoms with van der Waals surface area (Å²) in [6.07, 6.45) is 5.71. The van der Waals surface area contributed by atoms with Crippen molar-refractivity contribution in [2.45, 2.75) is 0 Å². The Labute approximate surface area is 162 Å². The van der Waals surface area contributed by atoms with E-state index in [1.54, 1.807) is 6.20 Å². The number of rotatable bonds is 4. The number of fused-ring (bicyclic) bond motifs is 1. The second-order valence-corrected chi connectivity index (χ2v) is 6.48. The van der Waals surface area contributed by atoms with Gasteiger partial charge in [-0.25, -0.2) is 4.98 Å². The molecule has 136 valence electrons. The number of nitrogens with one attached hydrogen (secondary N) is 2. The van der Waals surface area contributed by atoms with Crippen LogP contribution in [0.15, 0.2) is 90.2 Å². The largest absolute Gasteiger partial charge is 0.338 e. The highest BCUT2D eigenvalue weighted by atomic mass is 15.5. The Hall–Kier alpha value is -3.93. The summed E-state index contributed by atoms with van der Waals surface area (Å²) in [5.41, 5.74) is 9.13. The molecule has 0 saturated carbocycles. The summed E-state index contributed by atoms with van der Waals surface area (Å²) < 4.78 is 0. The van der Waals surface area contributed by atoms with Gasteiger partial charge in [0.05, 0.1) is 28.1 Å². The minimum atomic E-state index is 0.511. The summed E-state index contributed by atoms with van der Waals surface area (Å²) in [5, 5.41) is 1.93. The molecule has 6 heteroatoms. The smallest absolute Gasteiger partial charge is 0.138 e. The maximum absolute atomic E-state index is 4.67. The van der Waals surface area contributed by atoms with Crippen LogP contribution in [0.3, 0.4) is 0 Å². The van der Waals surface area contributed by atoms with Crippen LogP contribution >= 0.6 is 0 Å². The van der Waals surface area contributed by atoms with Crippen molar-refractivity contribution in [2.75, 3.05) is 12.1 Å². The van der Waals surface area contributed by atoms with Crippen LogP contribution < -0.4 is 5.43 Å². The molecule has 0 aliphatic carbocycles. The van der Waals surface area contributed by atoms with Crippen molar-refractivity contribution in [2.24, 2.45) is 4.99 Å². The van der Waals surface area contributed by atoms with E-state index in [1.807, 2.05) is 77.9 Å². The molecule has 0 bridgehead atoms. The SMILES string of the molecule is C1=CN(Nc2cccc(-c3nc4ccccc4[nH]3)c2)CN=C1c1ccccn1. The molecule has 2 aromatic heterocycles. The highest BCUT2D eigenvalue weighted by Gasteiger charge is 2.10. The van der Waals surface area contributed by atoms with Crippen molar-refractivity contribution in [3.8, 4) is 11.4 Å². The van der Waals surface area contributed by atoms with Crippen LogP contribution in [0, 0.1) is 0 Å². The van der Waals surface area contributed by atoms with E-state index in [-0.39, 0.29) is 0 Å². The molecule has 0 amide bonds. The van der Waals surface area contributed by atoms with Crippen molar-refractivity contribution >= 4 is 22.4 Å². The van der Waals surface area contributed by atoms with Crippen LogP contribution in [-0.4, -0.2) is 32.3 Å². The van der Waals surface area contributed by atoms with Gasteiger partial charge in [0.1, 0.15) is 12.5 Å². The molecule has 0 atom stereocenters. The molecule has 28 heavy (non-hydrogen) atoms. The molecule has 5 rings (SSSR count). The molecule has 1 aliphatic heterocycles. The number of benzene rings is 2. The average molecular weight is 366 g/mol. The van der Waals surface area contributed by atoms with Crippen LogP contribution in [0.1, 0.15) is 5.69 Å². The molecular weight excluding hydrogens is 348 g/mol. The molecule has 0 spiro atoms. The van der Waals surface area contributed by atoms with Gasteiger partial charge in [-0.1, -0.05) is 30.3 Å². The fourth-order valence-corrected chi connectivity index (χ4v) is 3.16. The van der Waals surface area contributed by atoms with Gasteiger partial charge in [0.2, 0.25) is 0 Å². The number of imidazole rings is 1. The summed E-state index contributed by atoms with van der Waals surface area (Å²) in [5.74, 6) is 0.856. The highest BCUT2D eigenvalue weighted by Crippen LogP contribution is 2.23. The zero-order chi connectivity index (χ0) is 18.8. The van der Waals surface area contributed by atoms with E-state index in [4.69, 9.17) is 0 Å². The van der Waals surface area contributed by atoms with E-state index in [9.17, 15) is 0 Å². The number of aromatic nitrogens is 3. The Morgan fingerprint density at radius 3 is 2.71 bits per heavy atom. The average Bonchev–Trinajstić information content (AvgIpc) is 3.20. The predicted octanol–water partition coefficient (Wildman–Crippen LogP) is 4.23. The molecule has 6 nitrogen and oxygen atoms in total. The molecule has 4 aromatic rings. The minimum Gasteiger partial charge on any atom is -0.338 e. The van der Waals surface area contributed by atoms with Crippen molar-refractivity contribution in [3.63, 3.8) is 0 Å². The number of allylic oxidation sites excluding steroid dienone is 1. The third kappa shape index (κ3) is 3.23. The predicted molar refractivity (Wildman–Crippen MR) is 112 cm³/mol. The third-order valence-electron chi connectivity index (χ3n) is 4.53. The van der Waals surface area contributed by atoms with Gasteiger partial charge in [-0.15, -0.1) is 0 Å². The van der Waals surface area contributed by atoms with Gasteiger partial charge < -0.3 is 4.98 Å². The van der Waals surface area contributed by atoms with Crippen molar-refractivity contribution in [1.29, 1.82) is 0 Å². The zero-order valence-corrected chi connectivity index (χ0v) is 15.1. The first-order chi connectivity index (χ1) is 13.8. The number of hydrazine groups is 1. The topological polar surface area (TPSA) is 69.2 Å². The fourth-order valence-electron chi connectivity index (χ4n) is 3.16. The summed E-state index contributed by atoms with van der Waals surface area (Å²) in [6, 6.07) is 22.0. The lowest BCUT2D eigenvalue weighted by Crippen LogP contribution is -2.28. The number of nitrogens with zero attached hydrogens (tertiary/aromatic N) is 4. The monoisotopic (exact) mass is 366 g/mol. The molecule has 2 N–H and O–H groups in total. The molecular formula is C22H18N6. The number of pyridine rings is 1. The Kier molecular flexibility index (Phi) is 4.06. The van der Waals surface area contributed by atoms with Crippen LogP contribution in [0.5, 0.6) is 0 Å². The molecule has 0 radical (unpaired) electrons. The summed E-state index contributed by atoms with van der Waals surface area (Å²) in [6.45, 7) is 0.511. The lowest BCUT2D eigenvalue weighted by Gasteiger charge is -2.23. The Balaban J connectivity index is 1.32. The molecule has 0 unspecified atom stereocenters. The Morgan fingerprint density at radius 2 is 1.89 bits per heavy atom. The third-order valence-corrected chi connectivity index (χ3v) is 4.53. The number of aromatic amines is 1. The maximum atomic E-state index is 4.67. The fraction of sp³-hybridized carbons (Fsp3) is 0.0455. The van der Waals surface area contributed by atoms with E-state index in [0.29, 0.717) is 6.67 Å². The normalized spacial score (nSPS) is 13.6. The van der Waals surface area contributed by atoms with E-state index >= 15 is 0 Å². The second-order valence-electron chi connectivity index (χ2n) is 6.48. The number of aliphatic imine (C=N–C) groups is 1.